The number of pyridine rings is 2. The lowest BCUT2D eigenvalue weighted by Gasteiger charge is -2.32. The number of fused-ring (bicyclic) bond motifs is 2. The van der Waals surface area contributed by atoms with Gasteiger partial charge in [-0.25, -0.2) is 34.3 Å². The first kappa shape index (κ1) is 88.2. The van der Waals surface area contributed by atoms with Crippen molar-refractivity contribution in [3.05, 3.63) is 180 Å². The van der Waals surface area contributed by atoms with Gasteiger partial charge in [0.05, 0.1) is 76.7 Å². The van der Waals surface area contributed by atoms with E-state index < -0.39 is 47.1 Å². The molecular formula is C91H116N10O13S2. The zero-order chi connectivity index (χ0) is 83.2. The molecule has 4 aromatic carbocycles. The predicted molar refractivity (Wildman–Crippen MR) is 459 cm³/mol. The Hall–Kier alpha value is -10.2. The second-order valence-corrected chi connectivity index (χ2v) is 32.2. The molecule has 4 N–H and O–H groups in total. The number of hydrogen-bond acceptors (Lipinski definition) is 21. The molecule has 2 saturated heterocycles. The van der Waals surface area contributed by atoms with E-state index in [4.69, 9.17) is 57.8 Å². The zero-order valence-electron chi connectivity index (χ0n) is 69.4. The molecule has 0 unspecified atom stereocenters. The number of methoxy groups -OCH3 is 4. The number of rotatable bonds is 38. The van der Waals surface area contributed by atoms with E-state index >= 15 is 0 Å². The number of nitrogens with one attached hydrogen (secondary N) is 4. The second-order valence-electron chi connectivity index (χ2n) is 30.4. The quantitative estimate of drug-likeness (QED) is 0.0159. The molecule has 2 aliphatic heterocycles. The molecule has 0 bridgehead atoms. The van der Waals surface area contributed by atoms with E-state index in [1.54, 1.807) is 75.6 Å². The SMILES string of the molecule is C=CCCCCCN(Cc1ccc(OC)cc1)C(=O)N1C[C@H](Oc2cc(-c3nc(C(C)C)cs3)nc3c(C)c(OC)ccc23)C[C@H]1C(=O)N[C@]1(C(=O)OCC)C[C@H]1C=C.C=CCCCCCNCc1ccc(OC)cc1.C=C[C@@H]1C[C@]1(NC(=O)[C@@H]1C[C@@H](Oc2cc(-c3nc(C(C)C)cs3)nc3c(C)c(OC)ccc23)CN1)C(=O)OCC. The van der Waals surface area contributed by atoms with Crippen molar-refractivity contribution in [3.63, 3.8) is 0 Å². The summed E-state index contributed by atoms with van der Waals surface area (Å²) in [5.41, 5.74) is 6.63. The third-order valence-electron chi connectivity index (χ3n) is 21.7. The highest BCUT2D eigenvalue weighted by molar-refractivity contribution is 7.13. The van der Waals surface area contributed by atoms with Crippen molar-refractivity contribution in [1.82, 2.24) is 51.0 Å². The Morgan fingerprint density at radius 1 is 0.595 bits per heavy atom. The minimum atomic E-state index is -1.23. The first-order chi connectivity index (χ1) is 56.0. The molecule has 4 fully saturated rings. The number of allylic oxidation sites excluding steroid dienone is 2. The lowest BCUT2D eigenvalue weighted by atomic mass is 10.1. The van der Waals surface area contributed by atoms with Gasteiger partial charge in [-0.15, -0.1) is 49.0 Å². The number of benzene rings is 4. The summed E-state index contributed by atoms with van der Waals surface area (Å²) in [7, 11) is 6.58. The summed E-state index contributed by atoms with van der Waals surface area (Å²) in [6.07, 6.45) is 16.4. The normalized spacial score (nSPS) is 19.7. The van der Waals surface area contributed by atoms with Crippen LogP contribution >= 0.6 is 22.7 Å². The van der Waals surface area contributed by atoms with Gasteiger partial charge in [0.15, 0.2) is 0 Å². The Labute approximate surface area is 691 Å². The summed E-state index contributed by atoms with van der Waals surface area (Å²) in [6, 6.07) is 25.6. The van der Waals surface area contributed by atoms with Crippen LogP contribution in [0.15, 0.2) is 146 Å². The number of hydrogen-bond donors (Lipinski definition) is 4. The van der Waals surface area contributed by atoms with Gasteiger partial charge in [0.25, 0.3) is 0 Å². The molecular weight excluding hydrogens is 1510 g/mol. The van der Waals surface area contributed by atoms with Gasteiger partial charge in [-0.1, -0.05) is 89.1 Å². The lowest BCUT2D eigenvalue weighted by molar-refractivity contribution is -0.149. The number of esters is 2. The Morgan fingerprint density at radius 3 is 1.54 bits per heavy atom. The third kappa shape index (κ3) is 21.7. The van der Waals surface area contributed by atoms with E-state index in [2.05, 4.69) is 92.8 Å². The number of urea groups is 1. The molecule has 8 atom stereocenters. The van der Waals surface area contributed by atoms with Gasteiger partial charge >= 0.3 is 18.0 Å². The maximum Gasteiger partial charge on any atom is 0.332 e. The van der Waals surface area contributed by atoms with Crippen LogP contribution in [0.4, 0.5) is 4.79 Å². The van der Waals surface area contributed by atoms with Gasteiger partial charge in [0.2, 0.25) is 11.8 Å². The van der Waals surface area contributed by atoms with Crippen LogP contribution in [0.5, 0.6) is 34.5 Å². The van der Waals surface area contributed by atoms with Crippen molar-refractivity contribution in [2.75, 3.05) is 67.8 Å². The minimum absolute atomic E-state index is 0.132. The number of ether oxygens (including phenoxy) is 8. The third-order valence-corrected chi connectivity index (χ3v) is 23.4. The van der Waals surface area contributed by atoms with Crippen molar-refractivity contribution >= 4 is 74.3 Å². The first-order valence-electron chi connectivity index (χ1n) is 40.5. The van der Waals surface area contributed by atoms with Crippen molar-refractivity contribution in [2.24, 2.45) is 11.8 Å². The largest absolute Gasteiger partial charge is 0.497 e. The Balaban J connectivity index is 0.000000213. The standard InChI is InChI=1S/C46H57N5O7S.C30H36N4O5S.C15H23NO/c1-9-12-13-14-15-22-50(26-31-16-18-33(55-7)19-17-31)45(54)51-27-34(23-38(51)42(52)49-46(25-32(46)10-2)44(53)57-11-3)58-40-24-36(43-48-37(28-59-43)29(4)5)47-41-30(6)39(56-8)21-20-35(40)41;1-7-18-13-30(18,29(36)38-8-2)34-27(35)21-11-19(14-31-21)39-25-12-22(28-33-23(15-40-28)16(3)4)32-26-17(5)24(37-6)10-9-20(25)26;1-3-4-5-6-7-12-16-13-14-8-10-15(17-2)11-9-14/h9-10,16-21,24,28-29,32,34,38H,1-2,11-15,22-23,25-27H2,3-8H3,(H,49,52);7,9-10,12,15-16,18-19,21,31H,1,8,11,13-14H2,2-6H3,(H,34,35);3,8-11,16H,1,4-7,12-13H2,2H3/t32-,34-,38+,46-;18-,19-,21+,30-;/m11./s1. The van der Waals surface area contributed by atoms with Crippen LogP contribution in [0.25, 0.3) is 43.2 Å². The summed E-state index contributed by atoms with van der Waals surface area (Å²) in [5, 5.41) is 20.0. The summed E-state index contributed by atoms with van der Waals surface area (Å²) in [6.45, 7) is 35.0. The van der Waals surface area contributed by atoms with E-state index in [0.29, 0.717) is 73.3 Å². The number of carbonyl (C=O) groups is 5. The van der Waals surface area contributed by atoms with Gasteiger partial charge in [0, 0.05) is 95.6 Å². The molecule has 12 rings (SSSR count). The molecule has 25 heteroatoms. The molecule has 4 amide bonds. The van der Waals surface area contributed by atoms with Crippen LogP contribution in [0.2, 0.25) is 0 Å². The molecule has 0 spiro atoms. The molecule has 2 saturated carbocycles. The summed E-state index contributed by atoms with van der Waals surface area (Å²) >= 11 is 3.08. The van der Waals surface area contributed by atoms with Crippen LogP contribution in [-0.2, 0) is 41.7 Å². The minimum Gasteiger partial charge on any atom is -0.497 e. The van der Waals surface area contributed by atoms with Gasteiger partial charge in [-0.2, -0.15) is 0 Å². The average molecular weight is 1620 g/mol. The predicted octanol–water partition coefficient (Wildman–Crippen LogP) is 16.7. The van der Waals surface area contributed by atoms with Gasteiger partial charge in [-0.3, -0.25) is 9.59 Å². The number of aromatic nitrogens is 4. The second kappa shape index (κ2) is 41.6. The molecule has 8 aromatic rings. The van der Waals surface area contributed by atoms with E-state index in [9.17, 15) is 24.0 Å². The van der Waals surface area contributed by atoms with Crippen LogP contribution in [0.3, 0.4) is 0 Å². The number of nitrogens with zero attached hydrogens (tertiary/aromatic N) is 6. The Bertz CT molecular complexity index is 4720. The number of thiazole rings is 2. The van der Waals surface area contributed by atoms with Crippen LogP contribution < -0.4 is 49.7 Å². The van der Waals surface area contributed by atoms with E-state index in [0.717, 1.165) is 123 Å². The van der Waals surface area contributed by atoms with Crippen molar-refractivity contribution in [3.8, 4) is 55.9 Å². The number of unbranched alkanes of at least 4 members (excludes halogenated alkanes) is 6. The molecule has 4 aromatic heterocycles. The number of likely N-dealkylation sites (tertiary alicyclic amines) is 1. The maximum absolute atomic E-state index is 14.9. The lowest BCUT2D eigenvalue weighted by Crippen LogP contribution is -2.55. The van der Waals surface area contributed by atoms with Crippen molar-refractivity contribution in [2.45, 2.75) is 193 Å². The summed E-state index contributed by atoms with van der Waals surface area (Å²) in [5.74, 6) is 2.86. The number of aryl methyl sites for hydroxylation is 2. The van der Waals surface area contributed by atoms with Crippen molar-refractivity contribution < 1.29 is 61.9 Å². The fourth-order valence-electron chi connectivity index (χ4n) is 14.6. The molecule has 620 valence electrons. The monoisotopic (exact) mass is 1620 g/mol. The van der Waals surface area contributed by atoms with Gasteiger partial charge in [-0.05, 0) is 157 Å². The van der Waals surface area contributed by atoms with Gasteiger partial charge < -0.3 is 69.0 Å². The highest BCUT2D eigenvalue weighted by Gasteiger charge is 2.63. The molecule has 4 aliphatic rings. The zero-order valence-corrected chi connectivity index (χ0v) is 71.1. The Kier molecular flexibility index (Phi) is 31.6. The molecule has 23 nitrogen and oxygen atoms in total. The van der Waals surface area contributed by atoms with E-state index in [-0.39, 0.29) is 62.0 Å². The smallest absolute Gasteiger partial charge is 0.332 e. The highest BCUT2D eigenvalue weighted by Crippen LogP contribution is 2.48. The van der Waals surface area contributed by atoms with Crippen LogP contribution in [-0.4, -0.2) is 163 Å². The summed E-state index contributed by atoms with van der Waals surface area (Å²) in [4.78, 5) is 91.6. The van der Waals surface area contributed by atoms with Crippen molar-refractivity contribution in [1.29, 1.82) is 0 Å². The molecule has 6 heterocycles. The van der Waals surface area contributed by atoms with Crippen LogP contribution in [0.1, 0.15) is 164 Å². The topological polar surface area (TPSA) is 265 Å². The van der Waals surface area contributed by atoms with Gasteiger partial charge in [0.1, 0.15) is 85.2 Å². The Morgan fingerprint density at radius 2 is 1.09 bits per heavy atom. The average Bonchev–Trinajstić information content (AvgIpc) is 1.59. The van der Waals surface area contributed by atoms with E-state index in [1.807, 2.05) is 104 Å². The molecule has 2 aliphatic carbocycles. The highest BCUT2D eigenvalue weighted by atomic mass is 32.1. The molecule has 0 radical (unpaired) electrons. The fourth-order valence-corrected chi connectivity index (χ4v) is 16.5. The maximum atomic E-state index is 14.9. The molecule has 116 heavy (non-hydrogen) atoms. The first-order valence-corrected chi connectivity index (χ1v) is 42.2. The number of amides is 4. The number of carbonyl (C=O) groups excluding carboxylic acids is 5. The van der Waals surface area contributed by atoms with Crippen LogP contribution in [0, 0.1) is 25.7 Å². The fraction of sp³-hybridized carbons (Fsp3) is 0.462. The summed E-state index contributed by atoms with van der Waals surface area (Å²) < 4.78 is 45.8. The van der Waals surface area contributed by atoms with E-state index in [1.165, 1.54) is 36.2 Å².